The largest absolute Gasteiger partial charge is 0.507 e. The third-order valence-corrected chi connectivity index (χ3v) is 5.90. The van der Waals surface area contributed by atoms with Gasteiger partial charge in [-0.1, -0.05) is 30.3 Å². The second-order valence-corrected chi connectivity index (χ2v) is 7.96. The van der Waals surface area contributed by atoms with E-state index in [-0.39, 0.29) is 17.9 Å². The number of nitrogens with zero attached hydrogens (tertiary/aromatic N) is 2. The Morgan fingerprint density at radius 2 is 1.79 bits per heavy atom. The average Bonchev–Trinajstić information content (AvgIpc) is 3.09. The number of carbonyl (C=O) groups excluding carboxylic acids is 2. The highest BCUT2D eigenvalue weighted by atomic mass is 16.6. The van der Waals surface area contributed by atoms with Gasteiger partial charge in [-0.25, -0.2) is 0 Å². The third kappa shape index (κ3) is 3.71. The number of benzene rings is 2. The molecule has 0 bridgehead atoms. The Labute approximate surface area is 190 Å². The van der Waals surface area contributed by atoms with E-state index in [9.17, 15) is 14.7 Å². The Balaban J connectivity index is 1.65. The lowest BCUT2D eigenvalue weighted by Gasteiger charge is -2.26. The molecular formula is C26H22N2O5. The molecule has 0 spiro atoms. The number of aromatic nitrogens is 1. The second kappa shape index (κ2) is 8.43. The highest BCUT2D eigenvalue weighted by Crippen LogP contribution is 2.42. The smallest absolute Gasteiger partial charge is 0.296 e. The Hall–Kier alpha value is -4.13. The monoisotopic (exact) mass is 442 g/mol. The van der Waals surface area contributed by atoms with Gasteiger partial charge in [0.2, 0.25) is 0 Å². The van der Waals surface area contributed by atoms with Gasteiger partial charge in [-0.3, -0.25) is 14.6 Å². The lowest BCUT2D eigenvalue weighted by atomic mass is 9.92. The van der Waals surface area contributed by atoms with Gasteiger partial charge in [0.25, 0.3) is 11.7 Å². The van der Waals surface area contributed by atoms with E-state index < -0.39 is 17.7 Å². The number of aliphatic hydroxyl groups excluding tert-OH is 1. The lowest BCUT2D eigenvalue weighted by molar-refractivity contribution is -0.140. The standard InChI is InChI=1S/C26H22N2O5/c1-16-6-2-3-8-19(16)23-22(24(29)17-9-10-20-21(14-17)33-13-12-32-20)25(30)26(31)28(23)15-18-7-4-5-11-27-18/h2-11,14,23,29H,12-13,15H2,1H3/b24-22+. The number of aryl methyl sites for hydroxylation is 1. The third-order valence-electron chi connectivity index (χ3n) is 5.90. The molecule has 2 aliphatic rings. The summed E-state index contributed by atoms with van der Waals surface area (Å²) in [5.74, 6) is -0.592. The second-order valence-electron chi connectivity index (χ2n) is 7.96. The first-order valence-electron chi connectivity index (χ1n) is 10.7. The van der Waals surface area contributed by atoms with Crippen molar-refractivity contribution in [3.8, 4) is 11.5 Å². The molecule has 3 heterocycles. The predicted octanol–water partition coefficient (Wildman–Crippen LogP) is 3.78. The number of carbonyl (C=O) groups is 2. The Kier molecular flexibility index (Phi) is 5.30. The van der Waals surface area contributed by atoms with Crippen LogP contribution in [0.3, 0.4) is 0 Å². The van der Waals surface area contributed by atoms with Gasteiger partial charge in [-0.2, -0.15) is 0 Å². The van der Waals surface area contributed by atoms with E-state index in [1.165, 1.54) is 4.90 Å². The molecule has 3 aromatic rings. The summed E-state index contributed by atoms with van der Waals surface area (Å²) in [4.78, 5) is 32.1. The Morgan fingerprint density at radius 1 is 1.03 bits per heavy atom. The van der Waals surface area contributed by atoms with Crippen LogP contribution in [0.15, 0.2) is 72.4 Å². The van der Waals surface area contributed by atoms with Crippen LogP contribution in [0.25, 0.3) is 5.76 Å². The topological polar surface area (TPSA) is 89.0 Å². The quantitative estimate of drug-likeness (QED) is 0.376. The number of amides is 1. The van der Waals surface area contributed by atoms with E-state index in [0.29, 0.717) is 36.0 Å². The number of Topliss-reactive ketones (excluding diaryl/α,β-unsaturated/α-hetero) is 1. The van der Waals surface area contributed by atoms with Crippen molar-refractivity contribution in [2.45, 2.75) is 19.5 Å². The number of hydrogen-bond acceptors (Lipinski definition) is 6. The van der Waals surface area contributed by atoms with Crippen molar-refractivity contribution in [1.29, 1.82) is 0 Å². The molecule has 1 N–H and O–H groups in total. The van der Waals surface area contributed by atoms with E-state index in [2.05, 4.69) is 4.98 Å². The number of hydrogen-bond donors (Lipinski definition) is 1. The zero-order valence-electron chi connectivity index (χ0n) is 18.0. The Morgan fingerprint density at radius 3 is 2.55 bits per heavy atom. The van der Waals surface area contributed by atoms with Crippen molar-refractivity contribution in [3.05, 3.63) is 94.8 Å². The molecule has 166 valence electrons. The fourth-order valence-corrected chi connectivity index (χ4v) is 4.27. The molecule has 1 atom stereocenters. The van der Waals surface area contributed by atoms with Crippen molar-refractivity contribution in [2.75, 3.05) is 13.2 Å². The van der Waals surface area contributed by atoms with Crippen LogP contribution >= 0.6 is 0 Å². The van der Waals surface area contributed by atoms with Crippen molar-refractivity contribution in [2.24, 2.45) is 0 Å². The van der Waals surface area contributed by atoms with E-state index in [1.54, 1.807) is 36.5 Å². The predicted molar refractivity (Wildman–Crippen MR) is 121 cm³/mol. The normalized spacial score (nSPS) is 19.1. The summed E-state index contributed by atoms with van der Waals surface area (Å²) >= 11 is 0. The van der Waals surface area contributed by atoms with Crippen molar-refractivity contribution < 1.29 is 24.2 Å². The zero-order valence-corrected chi connectivity index (χ0v) is 18.0. The zero-order chi connectivity index (χ0) is 22.9. The first-order chi connectivity index (χ1) is 16.0. The van der Waals surface area contributed by atoms with Crippen LogP contribution < -0.4 is 9.47 Å². The number of fused-ring (bicyclic) bond motifs is 1. The van der Waals surface area contributed by atoms with Gasteiger partial charge in [0.15, 0.2) is 11.5 Å². The molecular weight excluding hydrogens is 420 g/mol. The van der Waals surface area contributed by atoms with Crippen LogP contribution in [0.2, 0.25) is 0 Å². The molecule has 5 rings (SSSR count). The maximum atomic E-state index is 13.2. The van der Waals surface area contributed by atoms with Crippen LogP contribution in [0.1, 0.15) is 28.4 Å². The van der Waals surface area contributed by atoms with Gasteiger partial charge < -0.3 is 19.5 Å². The summed E-state index contributed by atoms with van der Waals surface area (Å²) in [6, 6.07) is 17.2. The number of likely N-dealkylation sites (tertiary alicyclic amines) is 1. The van der Waals surface area contributed by atoms with E-state index in [0.717, 1.165) is 11.1 Å². The first-order valence-corrected chi connectivity index (χ1v) is 10.7. The van der Waals surface area contributed by atoms with E-state index >= 15 is 0 Å². The molecule has 33 heavy (non-hydrogen) atoms. The van der Waals surface area contributed by atoms with Crippen LogP contribution in [0, 0.1) is 6.92 Å². The fourth-order valence-electron chi connectivity index (χ4n) is 4.27. The molecule has 0 saturated carbocycles. The van der Waals surface area contributed by atoms with Gasteiger partial charge in [-0.05, 0) is 48.4 Å². The van der Waals surface area contributed by atoms with Gasteiger partial charge in [0.05, 0.1) is 23.9 Å². The molecule has 2 aliphatic heterocycles. The highest BCUT2D eigenvalue weighted by molar-refractivity contribution is 6.46. The number of ketones is 1. The molecule has 0 aliphatic carbocycles. The minimum atomic E-state index is -0.749. The molecule has 1 unspecified atom stereocenters. The maximum Gasteiger partial charge on any atom is 0.296 e. The van der Waals surface area contributed by atoms with Gasteiger partial charge >= 0.3 is 0 Å². The molecule has 1 aromatic heterocycles. The minimum absolute atomic E-state index is 0.0434. The van der Waals surface area contributed by atoms with Crippen LogP contribution in [-0.2, 0) is 16.1 Å². The number of ether oxygens (including phenoxy) is 2. The summed E-state index contributed by atoms with van der Waals surface area (Å²) in [6.07, 6.45) is 1.64. The van der Waals surface area contributed by atoms with Crippen molar-refractivity contribution >= 4 is 17.4 Å². The van der Waals surface area contributed by atoms with E-state index in [1.807, 2.05) is 37.3 Å². The minimum Gasteiger partial charge on any atom is -0.507 e. The van der Waals surface area contributed by atoms with Gasteiger partial charge in [0, 0.05) is 11.8 Å². The van der Waals surface area contributed by atoms with Crippen LogP contribution in [0.5, 0.6) is 11.5 Å². The summed E-state index contributed by atoms with van der Waals surface area (Å²) in [7, 11) is 0. The van der Waals surface area contributed by atoms with E-state index in [4.69, 9.17) is 9.47 Å². The summed E-state index contributed by atoms with van der Waals surface area (Å²) < 4.78 is 11.2. The number of rotatable bonds is 4. The molecule has 0 radical (unpaired) electrons. The maximum absolute atomic E-state index is 13.2. The number of aliphatic hydroxyl groups is 1. The van der Waals surface area contributed by atoms with Gasteiger partial charge in [-0.15, -0.1) is 0 Å². The highest BCUT2D eigenvalue weighted by Gasteiger charge is 2.46. The van der Waals surface area contributed by atoms with Crippen molar-refractivity contribution in [1.82, 2.24) is 9.88 Å². The Bertz CT molecular complexity index is 1270. The van der Waals surface area contributed by atoms with Crippen molar-refractivity contribution in [3.63, 3.8) is 0 Å². The SMILES string of the molecule is Cc1ccccc1C1/C(=C(\O)c2ccc3c(c2)OCCO3)C(=O)C(=O)N1Cc1ccccn1. The summed E-state index contributed by atoms with van der Waals surface area (Å²) in [5, 5.41) is 11.3. The number of pyridine rings is 1. The van der Waals surface area contributed by atoms with Crippen LogP contribution in [0.4, 0.5) is 0 Å². The molecule has 1 saturated heterocycles. The lowest BCUT2D eigenvalue weighted by Crippen LogP contribution is -2.29. The summed E-state index contributed by atoms with van der Waals surface area (Å²) in [6.45, 7) is 2.90. The molecule has 1 fully saturated rings. The fraction of sp³-hybridized carbons (Fsp3) is 0.192. The van der Waals surface area contributed by atoms with Crippen LogP contribution in [-0.4, -0.2) is 39.9 Å². The molecule has 1 amide bonds. The molecule has 7 heteroatoms. The average molecular weight is 442 g/mol. The summed E-state index contributed by atoms with van der Waals surface area (Å²) in [5.41, 5.74) is 2.75. The molecule has 7 nitrogen and oxygen atoms in total. The first kappa shape index (κ1) is 20.8. The van der Waals surface area contributed by atoms with Gasteiger partial charge in [0.1, 0.15) is 19.0 Å². The molecule has 2 aromatic carbocycles.